The van der Waals surface area contributed by atoms with Gasteiger partial charge in [0.1, 0.15) is 18.1 Å². The second-order valence-electron chi connectivity index (χ2n) is 8.76. The van der Waals surface area contributed by atoms with Gasteiger partial charge < -0.3 is 9.47 Å². The molecule has 0 N–H and O–H groups in total. The van der Waals surface area contributed by atoms with E-state index in [2.05, 4.69) is 0 Å². The van der Waals surface area contributed by atoms with E-state index in [1.807, 2.05) is 49.4 Å². The number of carbonyl (C=O) groups is 2. The van der Waals surface area contributed by atoms with E-state index in [0.29, 0.717) is 17.1 Å². The Labute approximate surface area is 214 Å². The van der Waals surface area contributed by atoms with Crippen LogP contribution in [0.5, 0.6) is 5.75 Å². The zero-order chi connectivity index (χ0) is 25.9. The fourth-order valence-electron chi connectivity index (χ4n) is 4.23. The van der Waals surface area contributed by atoms with Gasteiger partial charge in [0, 0.05) is 11.1 Å². The molecule has 0 fully saturated rings. The van der Waals surface area contributed by atoms with Crippen molar-refractivity contribution >= 4 is 17.6 Å². The first-order valence-corrected chi connectivity index (χ1v) is 12.0. The Morgan fingerprint density at radius 1 is 0.919 bits per heavy atom. The van der Waals surface area contributed by atoms with Crippen LogP contribution in [0, 0.1) is 12.7 Å². The number of aryl methyl sites for hydroxylation is 1. The Kier molecular flexibility index (Phi) is 6.68. The second kappa shape index (κ2) is 10.2. The Bertz CT molecular complexity index is 1400. The van der Waals surface area contributed by atoms with E-state index in [1.165, 1.54) is 17.0 Å². The molecule has 1 amide bonds. The summed E-state index contributed by atoms with van der Waals surface area (Å²) in [6, 6.07) is 23.7. The molecular formula is C30H25FN2O4. The molecule has 0 atom stereocenters. The molecule has 7 heteroatoms. The van der Waals surface area contributed by atoms with Gasteiger partial charge in [0.2, 0.25) is 0 Å². The number of fused-ring (bicyclic) bond motifs is 1. The molecule has 37 heavy (non-hydrogen) atoms. The average Bonchev–Trinajstić information content (AvgIpc) is 2.91. The molecule has 4 aromatic rings. The number of esters is 1. The standard InChI is InChI=1S/C30H25FN2O4/c1-3-36-30(35)17-33-27-16-22(10-13-28(27)37-18-29(33)34)26-15-23(20-8-11-24(31)12-9-20)14-25(32-26)21-6-4-19(2)5-7-21/h4-16H,3,17-18H2,1-2H3. The van der Waals surface area contributed by atoms with Gasteiger partial charge in [0.25, 0.3) is 5.91 Å². The van der Waals surface area contributed by atoms with Crippen LogP contribution in [0.1, 0.15) is 12.5 Å². The summed E-state index contributed by atoms with van der Waals surface area (Å²) in [6.07, 6.45) is 0. The summed E-state index contributed by atoms with van der Waals surface area (Å²) in [7, 11) is 0. The molecule has 2 heterocycles. The van der Waals surface area contributed by atoms with Crippen LogP contribution >= 0.6 is 0 Å². The number of pyridine rings is 1. The highest BCUT2D eigenvalue weighted by Gasteiger charge is 2.28. The van der Waals surface area contributed by atoms with Gasteiger partial charge in [-0.25, -0.2) is 9.37 Å². The highest BCUT2D eigenvalue weighted by atomic mass is 19.1. The molecule has 0 saturated heterocycles. The van der Waals surface area contributed by atoms with Crippen LogP contribution < -0.4 is 9.64 Å². The van der Waals surface area contributed by atoms with Crippen molar-refractivity contribution in [1.82, 2.24) is 4.98 Å². The number of ether oxygens (including phenoxy) is 2. The highest BCUT2D eigenvalue weighted by Crippen LogP contribution is 2.37. The number of hydrogen-bond acceptors (Lipinski definition) is 5. The predicted octanol–water partition coefficient (Wildman–Crippen LogP) is 5.82. The lowest BCUT2D eigenvalue weighted by molar-refractivity contribution is -0.142. The summed E-state index contributed by atoms with van der Waals surface area (Å²) >= 11 is 0. The molecule has 1 aromatic heterocycles. The number of benzene rings is 3. The molecule has 0 unspecified atom stereocenters. The first-order valence-electron chi connectivity index (χ1n) is 12.0. The molecule has 0 radical (unpaired) electrons. The maximum atomic E-state index is 13.6. The van der Waals surface area contributed by atoms with Crippen molar-refractivity contribution in [3.05, 3.63) is 90.2 Å². The number of aromatic nitrogens is 1. The number of hydrogen-bond donors (Lipinski definition) is 0. The van der Waals surface area contributed by atoms with E-state index in [1.54, 1.807) is 31.2 Å². The van der Waals surface area contributed by atoms with Gasteiger partial charge >= 0.3 is 5.97 Å². The fraction of sp³-hybridized carbons (Fsp3) is 0.167. The normalized spacial score (nSPS) is 12.6. The zero-order valence-corrected chi connectivity index (χ0v) is 20.5. The van der Waals surface area contributed by atoms with E-state index >= 15 is 0 Å². The Balaban J connectivity index is 1.62. The molecule has 6 nitrogen and oxygen atoms in total. The molecule has 1 aliphatic heterocycles. The van der Waals surface area contributed by atoms with Crippen LogP contribution in [0.2, 0.25) is 0 Å². The number of nitrogens with zero attached hydrogens (tertiary/aromatic N) is 2. The average molecular weight is 497 g/mol. The van der Waals surface area contributed by atoms with E-state index in [0.717, 1.165) is 33.5 Å². The van der Waals surface area contributed by atoms with Gasteiger partial charge in [0.05, 0.1) is 23.7 Å². The number of carbonyl (C=O) groups excluding carboxylic acids is 2. The number of anilines is 1. The third kappa shape index (κ3) is 5.21. The molecule has 1 aliphatic rings. The van der Waals surface area contributed by atoms with Crippen molar-refractivity contribution in [2.24, 2.45) is 0 Å². The summed E-state index contributed by atoms with van der Waals surface area (Å²) in [5.74, 6) is -0.628. The molecule has 0 bridgehead atoms. The van der Waals surface area contributed by atoms with Crippen molar-refractivity contribution in [3.8, 4) is 39.4 Å². The van der Waals surface area contributed by atoms with Gasteiger partial charge in [-0.15, -0.1) is 0 Å². The topological polar surface area (TPSA) is 68.7 Å². The number of rotatable bonds is 6. The molecule has 0 saturated carbocycles. The summed E-state index contributed by atoms with van der Waals surface area (Å²) in [4.78, 5) is 31.1. The summed E-state index contributed by atoms with van der Waals surface area (Å²) in [6.45, 7) is 3.62. The van der Waals surface area contributed by atoms with Crippen molar-refractivity contribution in [1.29, 1.82) is 0 Å². The minimum atomic E-state index is -0.493. The maximum absolute atomic E-state index is 13.6. The van der Waals surface area contributed by atoms with E-state index in [4.69, 9.17) is 14.5 Å². The maximum Gasteiger partial charge on any atom is 0.326 e. The fourth-order valence-corrected chi connectivity index (χ4v) is 4.23. The van der Waals surface area contributed by atoms with Crippen LogP contribution in [-0.2, 0) is 14.3 Å². The quantitative estimate of drug-likeness (QED) is 0.315. The first-order chi connectivity index (χ1) is 17.9. The summed E-state index contributed by atoms with van der Waals surface area (Å²) < 4.78 is 24.3. The van der Waals surface area contributed by atoms with Gasteiger partial charge in [-0.3, -0.25) is 14.5 Å². The van der Waals surface area contributed by atoms with E-state index in [-0.39, 0.29) is 31.5 Å². The highest BCUT2D eigenvalue weighted by molar-refractivity contribution is 6.02. The first kappa shape index (κ1) is 24.2. The largest absolute Gasteiger partial charge is 0.482 e. The minimum absolute atomic E-state index is 0.151. The third-order valence-corrected chi connectivity index (χ3v) is 6.14. The Hall–Kier alpha value is -4.52. The van der Waals surface area contributed by atoms with Gasteiger partial charge in [0.15, 0.2) is 6.61 Å². The Morgan fingerprint density at radius 3 is 2.27 bits per heavy atom. The van der Waals surface area contributed by atoms with Crippen molar-refractivity contribution in [3.63, 3.8) is 0 Å². The Morgan fingerprint density at radius 2 is 1.57 bits per heavy atom. The minimum Gasteiger partial charge on any atom is -0.482 e. The van der Waals surface area contributed by atoms with Gasteiger partial charge in [-0.1, -0.05) is 42.0 Å². The predicted molar refractivity (Wildman–Crippen MR) is 140 cm³/mol. The van der Waals surface area contributed by atoms with Crippen LogP contribution in [0.3, 0.4) is 0 Å². The second-order valence-corrected chi connectivity index (χ2v) is 8.76. The summed E-state index contributed by atoms with van der Waals surface area (Å²) in [5, 5.41) is 0. The molecular weight excluding hydrogens is 471 g/mol. The lowest BCUT2D eigenvalue weighted by Gasteiger charge is -2.29. The molecule has 186 valence electrons. The van der Waals surface area contributed by atoms with Crippen LogP contribution in [-0.4, -0.2) is 36.6 Å². The lowest BCUT2D eigenvalue weighted by Crippen LogP contribution is -2.42. The van der Waals surface area contributed by atoms with E-state index in [9.17, 15) is 14.0 Å². The van der Waals surface area contributed by atoms with Gasteiger partial charge in [-0.05, 0) is 67.4 Å². The molecule has 3 aromatic carbocycles. The smallest absolute Gasteiger partial charge is 0.326 e. The molecule has 0 spiro atoms. The summed E-state index contributed by atoms with van der Waals surface area (Å²) in [5.41, 5.74) is 6.43. The van der Waals surface area contributed by atoms with Crippen molar-refractivity contribution in [2.75, 3.05) is 24.7 Å². The molecule has 0 aliphatic carbocycles. The van der Waals surface area contributed by atoms with Crippen LogP contribution in [0.15, 0.2) is 78.9 Å². The van der Waals surface area contributed by atoms with Crippen molar-refractivity contribution in [2.45, 2.75) is 13.8 Å². The number of amides is 1. The lowest BCUT2D eigenvalue weighted by atomic mass is 9.99. The van der Waals surface area contributed by atoms with Crippen LogP contribution in [0.4, 0.5) is 10.1 Å². The molecule has 5 rings (SSSR count). The van der Waals surface area contributed by atoms with E-state index < -0.39 is 5.97 Å². The monoisotopic (exact) mass is 496 g/mol. The van der Waals surface area contributed by atoms with Crippen LogP contribution in [0.25, 0.3) is 33.6 Å². The SMILES string of the molecule is CCOC(=O)CN1C(=O)COc2ccc(-c3cc(-c4ccc(F)cc4)cc(-c4ccc(C)cc4)n3)cc21. The third-order valence-electron chi connectivity index (χ3n) is 6.14. The van der Waals surface area contributed by atoms with Gasteiger partial charge in [-0.2, -0.15) is 0 Å². The van der Waals surface area contributed by atoms with Crippen molar-refractivity contribution < 1.29 is 23.5 Å². The number of halogens is 1. The zero-order valence-electron chi connectivity index (χ0n) is 20.5.